The summed E-state index contributed by atoms with van der Waals surface area (Å²) >= 11 is 0. The van der Waals surface area contributed by atoms with Crippen LogP contribution in [-0.4, -0.2) is 21.3 Å². The first kappa shape index (κ1) is 13.4. The van der Waals surface area contributed by atoms with E-state index in [1.165, 1.54) is 6.26 Å². The van der Waals surface area contributed by atoms with Gasteiger partial charge in [0.25, 0.3) is 0 Å². The number of benzene rings is 2. The van der Waals surface area contributed by atoms with E-state index in [0.29, 0.717) is 6.61 Å². The number of nitrogens with one attached hydrogen (secondary N) is 1. The highest BCUT2D eigenvalue weighted by Gasteiger charge is 2.23. The van der Waals surface area contributed by atoms with Crippen LogP contribution in [0.15, 0.2) is 36.4 Å². The fraction of sp³-hybridized carbons (Fsp3) is 0.333. The molecule has 0 spiro atoms. The molecule has 1 aliphatic rings. The van der Waals surface area contributed by atoms with Gasteiger partial charge in [0, 0.05) is 10.9 Å². The molecule has 5 heteroatoms. The van der Waals surface area contributed by atoms with Gasteiger partial charge < -0.3 is 4.74 Å². The second-order valence-corrected chi connectivity index (χ2v) is 6.92. The molecule has 20 heavy (non-hydrogen) atoms. The lowest BCUT2D eigenvalue weighted by Gasteiger charge is -2.18. The Labute approximate surface area is 118 Å². The molecule has 0 aromatic heterocycles. The maximum atomic E-state index is 11.5. The van der Waals surface area contributed by atoms with Crippen LogP contribution >= 0.6 is 0 Å². The smallest absolute Gasteiger partial charge is 0.209 e. The van der Waals surface area contributed by atoms with Crippen molar-refractivity contribution in [3.63, 3.8) is 0 Å². The summed E-state index contributed by atoms with van der Waals surface area (Å²) in [6.45, 7) is 0.614. The van der Waals surface area contributed by atoms with Crippen molar-refractivity contribution in [1.82, 2.24) is 4.72 Å². The quantitative estimate of drug-likeness (QED) is 0.925. The Kier molecular flexibility index (Phi) is 3.40. The summed E-state index contributed by atoms with van der Waals surface area (Å²) in [4.78, 5) is 0. The van der Waals surface area contributed by atoms with Crippen LogP contribution in [0.5, 0.6) is 5.75 Å². The average Bonchev–Trinajstić information content (AvgIpc) is 2.60. The lowest BCUT2D eigenvalue weighted by Crippen LogP contribution is -2.27. The molecule has 1 atom stereocenters. The van der Waals surface area contributed by atoms with Crippen LogP contribution in [0.1, 0.15) is 24.4 Å². The zero-order valence-electron chi connectivity index (χ0n) is 11.3. The monoisotopic (exact) mass is 291 g/mol. The minimum atomic E-state index is -3.24. The Bertz CT molecular complexity index is 740. The maximum absolute atomic E-state index is 11.5. The van der Waals surface area contributed by atoms with Crippen LogP contribution in [0.3, 0.4) is 0 Å². The third kappa shape index (κ3) is 2.64. The van der Waals surface area contributed by atoms with Gasteiger partial charge in [0.1, 0.15) is 5.75 Å². The number of hydrogen-bond acceptors (Lipinski definition) is 3. The predicted molar refractivity (Wildman–Crippen MR) is 79.4 cm³/mol. The molecule has 2 aromatic rings. The van der Waals surface area contributed by atoms with Crippen molar-refractivity contribution >= 4 is 20.8 Å². The fourth-order valence-electron chi connectivity index (χ4n) is 2.69. The van der Waals surface area contributed by atoms with Crippen molar-refractivity contribution in [3.8, 4) is 5.75 Å². The van der Waals surface area contributed by atoms with Gasteiger partial charge >= 0.3 is 0 Å². The van der Waals surface area contributed by atoms with E-state index in [2.05, 4.69) is 4.72 Å². The van der Waals surface area contributed by atoms with Gasteiger partial charge in [-0.3, -0.25) is 0 Å². The van der Waals surface area contributed by atoms with E-state index in [4.69, 9.17) is 4.74 Å². The summed E-state index contributed by atoms with van der Waals surface area (Å²) in [5.41, 5.74) is 0.923. The van der Waals surface area contributed by atoms with Gasteiger partial charge in [-0.05, 0) is 18.2 Å². The molecule has 0 bridgehead atoms. The van der Waals surface area contributed by atoms with Crippen LogP contribution in [0.25, 0.3) is 10.8 Å². The normalized spacial score (nSPS) is 19.1. The Hall–Kier alpha value is -1.59. The van der Waals surface area contributed by atoms with Crippen LogP contribution in [-0.2, 0) is 10.0 Å². The van der Waals surface area contributed by atoms with Crippen LogP contribution in [0.2, 0.25) is 0 Å². The van der Waals surface area contributed by atoms with Gasteiger partial charge in [-0.1, -0.05) is 36.4 Å². The molecule has 0 saturated carbocycles. The fourth-order valence-corrected chi connectivity index (χ4v) is 3.46. The van der Waals surface area contributed by atoms with Crippen molar-refractivity contribution in [3.05, 3.63) is 42.0 Å². The second-order valence-electron chi connectivity index (χ2n) is 5.14. The first-order chi connectivity index (χ1) is 9.54. The lowest BCUT2D eigenvalue weighted by atomic mass is 9.99. The first-order valence-corrected chi connectivity index (χ1v) is 8.55. The first-order valence-electron chi connectivity index (χ1n) is 6.66. The summed E-state index contributed by atoms with van der Waals surface area (Å²) in [6.07, 6.45) is 2.77. The van der Waals surface area contributed by atoms with Gasteiger partial charge in [-0.15, -0.1) is 0 Å². The Morgan fingerprint density at radius 3 is 2.80 bits per heavy atom. The Morgan fingerprint density at radius 2 is 2.00 bits per heavy atom. The highest BCUT2D eigenvalue weighted by molar-refractivity contribution is 7.88. The summed E-state index contributed by atoms with van der Waals surface area (Å²) < 4.78 is 31.6. The molecule has 1 N–H and O–H groups in total. The maximum Gasteiger partial charge on any atom is 0.209 e. The molecular weight excluding hydrogens is 274 g/mol. The minimum Gasteiger partial charge on any atom is -0.493 e. The molecule has 1 unspecified atom stereocenters. The van der Waals surface area contributed by atoms with Crippen LogP contribution < -0.4 is 9.46 Å². The molecule has 0 aliphatic carbocycles. The largest absolute Gasteiger partial charge is 0.493 e. The summed E-state index contributed by atoms with van der Waals surface area (Å²) in [6, 6.07) is 11.8. The van der Waals surface area contributed by atoms with Gasteiger partial charge in [0.15, 0.2) is 0 Å². The van der Waals surface area contributed by atoms with Crippen molar-refractivity contribution in [2.45, 2.75) is 18.9 Å². The van der Waals surface area contributed by atoms with E-state index in [1.54, 1.807) is 0 Å². The van der Waals surface area contributed by atoms with Crippen LogP contribution in [0.4, 0.5) is 0 Å². The van der Waals surface area contributed by atoms with Gasteiger partial charge in [-0.25, -0.2) is 13.1 Å². The van der Waals surface area contributed by atoms with Crippen molar-refractivity contribution in [2.24, 2.45) is 0 Å². The lowest BCUT2D eigenvalue weighted by molar-refractivity contribution is 0.319. The van der Waals surface area contributed by atoms with Crippen LogP contribution in [0, 0.1) is 0 Å². The number of fused-ring (bicyclic) bond motifs is 3. The zero-order chi connectivity index (χ0) is 14.2. The summed E-state index contributed by atoms with van der Waals surface area (Å²) in [7, 11) is -3.24. The topological polar surface area (TPSA) is 55.4 Å². The summed E-state index contributed by atoms with van der Waals surface area (Å²) in [5.74, 6) is 0.807. The third-order valence-electron chi connectivity index (χ3n) is 3.53. The Balaban J connectivity index is 2.14. The zero-order valence-corrected chi connectivity index (χ0v) is 12.1. The predicted octanol–water partition coefficient (Wildman–Crippen LogP) is 2.60. The standard InChI is InChI=1S/C15H17NO3S/c1-20(17,18)16-14-7-4-10-19-15-12-6-3-2-5-11(12)8-9-13(14)15/h2-3,5-6,8-9,14,16H,4,7,10H2,1H3. The van der Waals surface area contributed by atoms with Gasteiger partial charge in [0.05, 0.1) is 18.9 Å². The van der Waals surface area contributed by atoms with E-state index >= 15 is 0 Å². The SMILES string of the molecule is CS(=O)(=O)NC1CCCOc2c1ccc1ccccc21. The number of ether oxygens (including phenoxy) is 1. The number of rotatable bonds is 2. The molecule has 1 heterocycles. The molecular formula is C15H17NO3S. The molecule has 0 saturated heterocycles. The molecule has 2 aromatic carbocycles. The summed E-state index contributed by atoms with van der Waals surface area (Å²) in [5, 5.41) is 2.14. The van der Waals surface area contributed by atoms with Gasteiger partial charge in [0.2, 0.25) is 10.0 Å². The van der Waals surface area contributed by atoms with E-state index in [-0.39, 0.29) is 6.04 Å². The molecule has 0 fully saturated rings. The van der Waals surface area contributed by atoms with E-state index in [9.17, 15) is 8.42 Å². The molecule has 4 nitrogen and oxygen atoms in total. The number of hydrogen-bond donors (Lipinski definition) is 1. The minimum absolute atomic E-state index is 0.216. The van der Waals surface area contributed by atoms with E-state index in [0.717, 1.165) is 34.9 Å². The second kappa shape index (κ2) is 5.07. The van der Waals surface area contributed by atoms with E-state index < -0.39 is 10.0 Å². The molecule has 0 radical (unpaired) electrons. The Morgan fingerprint density at radius 1 is 1.20 bits per heavy atom. The molecule has 0 amide bonds. The molecule has 106 valence electrons. The van der Waals surface area contributed by atoms with Gasteiger partial charge in [-0.2, -0.15) is 0 Å². The van der Waals surface area contributed by atoms with Crippen molar-refractivity contribution in [1.29, 1.82) is 0 Å². The highest BCUT2D eigenvalue weighted by atomic mass is 32.2. The third-order valence-corrected chi connectivity index (χ3v) is 4.24. The van der Waals surface area contributed by atoms with Crippen molar-refractivity contribution < 1.29 is 13.2 Å². The average molecular weight is 291 g/mol. The molecule has 1 aliphatic heterocycles. The number of sulfonamides is 1. The highest BCUT2D eigenvalue weighted by Crippen LogP contribution is 2.37. The van der Waals surface area contributed by atoms with Crippen molar-refractivity contribution in [2.75, 3.05) is 12.9 Å². The van der Waals surface area contributed by atoms with E-state index in [1.807, 2.05) is 36.4 Å². The molecule has 3 rings (SSSR count).